The van der Waals surface area contributed by atoms with E-state index in [1.165, 1.54) is 6.07 Å². The molecule has 0 bridgehead atoms. The summed E-state index contributed by atoms with van der Waals surface area (Å²) >= 11 is 0. The lowest BCUT2D eigenvalue weighted by Gasteiger charge is -2.36. The van der Waals surface area contributed by atoms with Gasteiger partial charge in [-0.1, -0.05) is 13.8 Å². The average Bonchev–Trinajstić information content (AvgIpc) is 2.18. The van der Waals surface area contributed by atoms with Crippen molar-refractivity contribution in [2.75, 3.05) is 23.8 Å². The molecule has 0 fully saturated rings. The fourth-order valence-electron chi connectivity index (χ4n) is 1.96. The van der Waals surface area contributed by atoms with E-state index >= 15 is 0 Å². The van der Waals surface area contributed by atoms with Crippen molar-refractivity contribution in [2.24, 2.45) is 5.92 Å². The number of nitrogens with zero attached hydrogens (tertiary/aromatic N) is 1. The van der Waals surface area contributed by atoms with Crippen molar-refractivity contribution >= 4 is 11.4 Å². The number of likely N-dealkylation sites (N-methyl/N-ethyl adjacent to an activating group) is 1. The summed E-state index contributed by atoms with van der Waals surface area (Å²) in [5, 5.41) is 3.45. The van der Waals surface area contributed by atoms with Gasteiger partial charge < -0.3 is 10.2 Å². The summed E-state index contributed by atoms with van der Waals surface area (Å²) in [6, 6.07) is 5.34. The van der Waals surface area contributed by atoms with Gasteiger partial charge in [-0.15, -0.1) is 0 Å². The summed E-state index contributed by atoms with van der Waals surface area (Å²) in [6.45, 7) is 5.31. The molecule has 0 saturated heterocycles. The first-order valence-corrected chi connectivity index (χ1v) is 5.35. The van der Waals surface area contributed by atoms with E-state index in [4.69, 9.17) is 0 Å². The van der Waals surface area contributed by atoms with Crippen LogP contribution in [0.5, 0.6) is 0 Å². The van der Waals surface area contributed by atoms with Gasteiger partial charge in [0.2, 0.25) is 0 Å². The first-order valence-electron chi connectivity index (χ1n) is 5.35. The molecule has 1 aliphatic rings. The van der Waals surface area contributed by atoms with Crippen molar-refractivity contribution in [3.05, 3.63) is 24.0 Å². The Morgan fingerprint density at radius 1 is 1.47 bits per heavy atom. The second kappa shape index (κ2) is 3.72. The molecule has 1 atom stereocenters. The third kappa shape index (κ3) is 1.91. The quantitative estimate of drug-likeness (QED) is 0.763. The van der Waals surface area contributed by atoms with Gasteiger partial charge in [0.1, 0.15) is 5.82 Å². The van der Waals surface area contributed by atoms with E-state index in [2.05, 4.69) is 24.1 Å². The molecule has 1 aliphatic heterocycles. The SMILES string of the molecule is CC(C)C1CN(C)c2cc(F)ccc2N1. The maximum absolute atomic E-state index is 13.1. The van der Waals surface area contributed by atoms with Crippen LogP contribution in [0.2, 0.25) is 0 Å². The van der Waals surface area contributed by atoms with E-state index in [9.17, 15) is 4.39 Å². The van der Waals surface area contributed by atoms with Crippen molar-refractivity contribution in [1.82, 2.24) is 0 Å². The molecule has 15 heavy (non-hydrogen) atoms. The zero-order chi connectivity index (χ0) is 11.0. The van der Waals surface area contributed by atoms with Crippen LogP contribution in [0.4, 0.5) is 15.8 Å². The minimum Gasteiger partial charge on any atom is -0.379 e. The van der Waals surface area contributed by atoms with Gasteiger partial charge in [-0.2, -0.15) is 0 Å². The Bertz CT molecular complexity index is 363. The van der Waals surface area contributed by atoms with Crippen LogP contribution in [-0.4, -0.2) is 19.6 Å². The number of halogens is 1. The van der Waals surface area contributed by atoms with Gasteiger partial charge in [0.25, 0.3) is 0 Å². The number of fused-ring (bicyclic) bond motifs is 1. The Hall–Kier alpha value is -1.25. The maximum atomic E-state index is 13.1. The van der Waals surface area contributed by atoms with Crippen molar-refractivity contribution in [3.8, 4) is 0 Å². The molecule has 1 N–H and O–H groups in total. The largest absolute Gasteiger partial charge is 0.379 e. The molecule has 82 valence electrons. The smallest absolute Gasteiger partial charge is 0.125 e. The van der Waals surface area contributed by atoms with Crippen LogP contribution in [0.15, 0.2) is 18.2 Å². The highest BCUT2D eigenvalue weighted by atomic mass is 19.1. The zero-order valence-corrected chi connectivity index (χ0v) is 9.42. The van der Waals surface area contributed by atoms with Crippen molar-refractivity contribution in [1.29, 1.82) is 0 Å². The van der Waals surface area contributed by atoms with E-state index < -0.39 is 0 Å². The highest BCUT2D eigenvalue weighted by Gasteiger charge is 2.23. The topological polar surface area (TPSA) is 15.3 Å². The van der Waals surface area contributed by atoms with Crippen LogP contribution in [-0.2, 0) is 0 Å². The van der Waals surface area contributed by atoms with Gasteiger partial charge >= 0.3 is 0 Å². The minimum absolute atomic E-state index is 0.176. The van der Waals surface area contributed by atoms with E-state index in [1.54, 1.807) is 6.07 Å². The first kappa shape index (κ1) is 10.3. The summed E-state index contributed by atoms with van der Waals surface area (Å²) in [5.41, 5.74) is 1.98. The molecule has 0 aliphatic carbocycles. The number of benzene rings is 1. The maximum Gasteiger partial charge on any atom is 0.125 e. The lowest BCUT2D eigenvalue weighted by Crippen LogP contribution is -2.42. The molecule has 1 heterocycles. The lowest BCUT2D eigenvalue weighted by molar-refractivity contribution is 0.513. The van der Waals surface area contributed by atoms with Crippen LogP contribution in [0.1, 0.15) is 13.8 Å². The molecule has 0 aromatic heterocycles. The summed E-state index contributed by atoms with van der Waals surface area (Å²) in [6.07, 6.45) is 0. The predicted molar refractivity (Wildman–Crippen MR) is 61.9 cm³/mol. The molecule has 2 nitrogen and oxygen atoms in total. The van der Waals surface area contributed by atoms with Crippen molar-refractivity contribution in [2.45, 2.75) is 19.9 Å². The summed E-state index contributed by atoms with van der Waals surface area (Å²) in [4.78, 5) is 2.11. The van der Waals surface area contributed by atoms with Crippen LogP contribution < -0.4 is 10.2 Å². The normalized spacial score (nSPS) is 20.1. The van der Waals surface area contributed by atoms with Gasteiger partial charge in [-0.3, -0.25) is 0 Å². The monoisotopic (exact) mass is 208 g/mol. The summed E-state index contributed by atoms with van der Waals surface area (Å²) in [5.74, 6) is 0.399. The second-order valence-corrected chi connectivity index (χ2v) is 4.54. The standard InChI is InChI=1S/C12H17FN2/c1-8(2)11-7-15(3)12-6-9(13)4-5-10(12)14-11/h4-6,8,11,14H,7H2,1-3H3. The Kier molecular flexibility index (Phi) is 2.55. The minimum atomic E-state index is -0.176. The second-order valence-electron chi connectivity index (χ2n) is 4.54. The van der Waals surface area contributed by atoms with Crippen LogP contribution in [0, 0.1) is 11.7 Å². The molecule has 1 aromatic rings. The number of nitrogens with one attached hydrogen (secondary N) is 1. The van der Waals surface area contributed by atoms with Crippen LogP contribution in [0.3, 0.4) is 0 Å². The Morgan fingerprint density at radius 2 is 2.20 bits per heavy atom. The highest BCUT2D eigenvalue weighted by Crippen LogP contribution is 2.31. The fraction of sp³-hybridized carbons (Fsp3) is 0.500. The Balaban J connectivity index is 2.32. The van der Waals surface area contributed by atoms with E-state index in [-0.39, 0.29) is 5.82 Å². The van der Waals surface area contributed by atoms with Crippen molar-refractivity contribution in [3.63, 3.8) is 0 Å². The fourth-order valence-corrected chi connectivity index (χ4v) is 1.96. The average molecular weight is 208 g/mol. The van der Waals surface area contributed by atoms with Gasteiger partial charge in [0, 0.05) is 19.6 Å². The van der Waals surface area contributed by atoms with Gasteiger partial charge in [0.05, 0.1) is 11.4 Å². The van der Waals surface area contributed by atoms with Gasteiger partial charge in [0.15, 0.2) is 0 Å². The molecule has 2 rings (SSSR count). The Morgan fingerprint density at radius 3 is 2.87 bits per heavy atom. The molecule has 3 heteroatoms. The zero-order valence-electron chi connectivity index (χ0n) is 9.42. The molecule has 0 amide bonds. The number of hydrogen-bond donors (Lipinski definition) is 1. The van der Waals surface area contributed by atoms with E-state index in [0.717, 1.165) is 17.9 Å². The van der Waals surface area contributed by atoms with Crippen LogP contribution in [0.25, 0.3) is 0 Å². The molecule has 1 unspecified atom stereocenters. The molecular weight excluding hydrogens is 191 g/mol. The molecular formula is C12H17FN2. The van der Waals surface area contributed by atoms with E-state index in [1.807, 2.05) is 13.1 Å². The van der Waals surface area contributed by atoms with E-state index in [0.29, 0.717) is 12.0 Å². The number of rotatable bonds is 1. The highest BCUT2D eigenvalue weighted by molar-refractivity contribution is 5.72. The Labute approximate surface area is 90.1 Å². The third-order valence-corrected chi connectivity index (χ3v) is 2.99. The number of hydrogen-bond acceptors (Lipinski definition) is 2. The first-order chi connectivity index (χ1) is 7.08. The number of anilines is 2. The molecule has 0 saturated carbocycles. The predicted octanol–water partition coefficient (Wildman–Crippen LogP) is 2.71. The molecule has 0 spiro atoms. The lowest BCUT2D eigenvalue weighted by atomic mass is 10.0. The third-order valence-electron chi connectivity index (χ3n) is 2.99. The van der Waals surface area contributed by atoms with Gasteiger partial charge in [-0.25, -0.2) is 4.39 Å². The summed E-state index contributed by atoms with van der Waals surface area (Å²) < 4.78 is 13.1. The summed E-state index contributed by atoms with van der Waals surface area (Å²) in [7, 11) is 2.01. The van der Waals surface area contributed by atoms with Gasteiger partial charge in [-0.05, 0) is 24.1 Å². The van der Waals surface area contributed by atoms with Crippen molar-refractivity contribution < 1.29 is 4.39 Å². The van der Waals surface area contributed by atoms with Crippen LogP contribution >= 0.6 is 0 Å². The molecule has 1 aromatic carbocycles. The molecule has 0 radical (unpaired) electrons.